The predicted molar refractivity (Wildman–Crippen MR) is 77.8 cm³/mol. The van der Waals surface area contributed by atoms with Crippen LogP contribution in [0, 0.1) is 0 Å². The SMILES string of the molecule is CCc1nn(C2CCOCC2)c(=O)c2nc(Br)sc12. The van der Waals surface area contributed by atoms with E-state index in [1.165, 1.54) is 11.3 Å². The minimum absolute atomic E-state index is 0.0824. The zero-order chi connectivity index (χ0) is 13.4. The maximum Gasteiger partial charge on any atom is 0.294 e. The maximum atomic E-state index is 12.5. The van der Waals surface area contributed by atoms with Gasteiger partial charge in [-0.3, -0.25) is 4.79 Å². The number of aromatic nitrogens is 3. The fourth-order valence-corrected chi connectivity index (χ4v) is 3.87. The molecule has 0 aliphatic carbocycles. The van der Waals surface area contributed by atoms with Gasteiger partial charge in [-0.2, -0.15) is 5.10 Å². The van der Waals surface area contributed by atoms with Crippen LogP contribution in [0.1, 0.15) is 31.5 Å². The lowest BCUT2D eigenvalue weighted by Crippen LogP contribution is -2.32. The van der Waals surface area contributed by atoms with Gasteiger partial charge < -0.3 is 4.74 Å². The van der Waals surface area contributed by atoms with Gasteiger partial charge in [-0.15, -0.1) is 11.3 Å². The molecule has 5 nitrogen and oxygen atoms in total. The Morgan fingerprint density at radius 2 is 2.21 bits per heavy atom. The highest BCUT2D eigenvalue weighted by Crippen LogP contribution is 2.27. The molecule has 0 saturated carbocycles. The van der Waals surface area contributed by atoms with Gasteiger partial charge in [0.05, 0.1) is 16.4 Å². The van der Waals surface area contributed by atoms with Gasteiger partial charge in [-0.05, 0) is 35.2 Å². The van der Waals surface area contributed by atoms with E-state index in [9.17, 15) is 4.79 Å². The van der Waals surface area contributed by atoms with E-state index in [-0.39, 0.29) is 11.6 Å². The molecule has 0 amide bonds. The van der Waals surface area contributed by atoms with E-state index in [0.717, 1.165) is 33.6 Å². The Morgan fingerprint density at radius 1 is 1.47 bits per heavy atom. The number of rotatable bonds is 2. The largest absolute Gasteiger partial charge is 0.381 e. The highest BCUT2D eigenvalue weighted by Gasteiger charge is 2.22. The van der Waals surface area contributed by atoms with E-state index in [0.29, 0.717) is 18.7 Å². The van der Waals surface area contributed by atoms with Crippen molar-refractivity contribution in [3.63, 3.8) is 0 Å². The Hall–Kier alpha value is -0.790. The van der Waals surface area contributed by atoms with E-state index in [4.69, 9.17) is 4.74 Å². The van der Waals surface area contributed by atoms with Gasteiger partial charge in [-0.25, -0.2) is 9.67 Å². The van der Waals surface area contributed by atoms with Gasteiger partial charge in [0.2, 0.25) is 0 Å². The molecule has 0 spiro atoms. The maximum absolute atomic E-state index is 12.5. The number of aryl methyl sites for hydroxylation is 1. The van der Waals surface area contributed by atoms with Crippen molar-refractivity contribution in [1.29, 1.82) is 0 Å². The molecular weight excluding hydrogens is 330 g/mol. The summed E-state index contributed by atoms with van der Waals surface area (Å²) >= 11 is 4.83. The minimum Gasteiger partial charge on any atom is -0.381 e. The topological polar surface area (TPSA) is 57.0 Å². The smallest absolute Gasteiger partial charge is 0.294 e. The van der Waals surface area contributed by atoms with Gasteiger partial charge in [0, 0.05) is 13.2 Å². The Labute approximate surface area is 122 Å². The molecule has 2 aromatic heterocycles. The van der Waals surface area contributed by atoms with E-state index in [1.54, 1.807) is 4.68 Å². The number of fused-ring (bicyclic) bond motifs is 1. The second-order valence-electron chi connectivity index (χ2n) is 4.54. The summed E-state index contributed by atoms with van der Waals surface area (Å²) in [6.07, 6.45) is 2.48. The second kappa shape index (κ2) is 5.30. The summed E-state index contributed by atoms with van der Waals surface area (Å²) in [5, 5.41) is 4.55. The van der Waals surface area contributed by atoms with Crippen LogP contribution in [0.3, 0.4) is 0 Å². The lowest BCUT2D eigenvalue weighted by atomic mass is 10.1. The van der Waals surface area contributed by atoms with Crippen LogP contribution in [0.15, 0.2) is 8.71 Å². The monoisotopic (exact) mass is 343 g/mol. The molecule has 1 aliphatic heterocycles. The zero-order valence-electron chi connectivity index (χ0n) is 10.6. The van der Waals surface area contributed by atoms with Crippen LogP contribution in [0.25, 0.3) is 10.2 Å². The minimum atomic E-state index is -0.0824. The number of thiazole rings is 1. The van der Waals surface area contributed by atoms with Crippen molar-refractivity contribution in [3.8, 4) is 0 Å². The summed E-state index contributed by atoms with van der Waals surface area (Å²) in [6.45, 7) is 3.44. The van der Waals surface area contributed by atoms with Gasteiger partial charge >= 0.3 is 0 Å². The highest BCUT2D eigenvalue weighted by atomic mass is 79.9. The van der Waals surface area contributed by atoms with Crippen LogP contribution in [0.2, 0.25) is 0 Å². The van der Waals surface area contributed by atoms with Crippen molar-refractivity contribution in [2.24, 2.45) is 0 Å². The van der Waals surface area contributed by atoms with Crippen molar-refractivity contribution < 1.29 is 4.74 Å². The first-order valence-corrected chi connectivity index (χ1v) is 7.97. The van der Waals surface area contributed by atoms with E-state index < -0.39 is 0 Å². The Balaban J connectivity index is 2.18. The van der Waals surface area contributed by atoms with Gasteiger partial charge in [0.15, 0.2) is 9.43 Å². The van der Waals surface area contributed by atoms with Gasteiger partial charge in [0.25, 0.3) is 5.56 Å². The molecule has 0 radical (unpaired) electrons. The summed E-state index contributed by atoms with van der Waals surface area (Å²) in [7, 11) is 0. The lowest BCUT2D eigenvalue weighted by Gasteiger charge is -2.23. The summed E-state index contributed by atoms with van der Waals surface area (Å²) in [6, 6.07) is 0.136. The van der Waals surface area contributed by atoms with Crippen molar-refractivity contribution in [2.45, 2.75) is 32.2 Å². The number of hydrogen-bond acceptors (Lipinski definition) is 5. The molecule has 3 heterocycles. The van der Waals surface area contributed by atoms with E-state index >= 15 is 0 Å². The summed E-state index contributed by atoms with van der Waals surface area (Å²) in [4.78, 5) is 16.8. The van der Waals surface area contributed by atoms with Gasteiger partial charge in [-0.1, -0.05) is 6.92 Å². The molecule has 1 fully saturated rings. The van der Waals surface area contributed by atoms with Crippen LogP contribution in [0.4, 0.5) is 0 Å². The molecular formula is C12H14BrN3O2S. The average Bonchev–Trinajstić information content (AvgIpc) is 2.83. The third-order valence-electron chi connectivity index (χ3n) is 3.37. The fraction of sp³-hybridized carbons (Fsp3) is 0.583. The first-order chi connectivity index (χ1) is 9.20. The Morgan fingerprint density at radius 3 is 2.89 bits per heavy atom. The van der Waals surface area contributed by atoms with Crippen molar-refractivity contribution in [3.05, 3.63) is 20.0 Å². The van der Waals surface area contributed by atoms with Crippen LogP contribution < -0.4 is 5.56 Å². The molecule has 0 unspecified atom stereocenters. The number of ether oxygens (including phenoxy) is 1. The first-order valence-electron chi connectivity index (χ1n) is 6.36. The van der Waals surface area contributed by atoms with Crippen molar-refractivity contribution in [1.82, 2.24) is 14.8 Å². The summed E-state index contributed by atoms with van der Waals surface area (Å²) in [5.41, 5.74) is 1.40. The number of halogens is 1. The standard InChI is InChI=1S/C12H14BrN3O2S/c1-2-8-10-9(14-12(13)19-10)11(17)16(15-8)7-3-5-18-6-4-7/h7H,2-6H2,1H3. The van der Waals surface area contributed by atoms with Crippen LogP contribution in [-0.2, 0) is 11.2 Å². The molecule has 102 valence electrons. The van der Waals surface area contributed by atoms with E-state index in [2.05, 4.69) is 26.0 Å². The van der Waals surface area contributed by atoms with Gasteiger partial charge in [0.1, 0.15) is 0 Å². The van der Waals surface area contributed by atoms with E-state index in [1.807, 2.05) is 6.92 Å². The molecule has 0 atom stereocenters. The molecule has 2 aromatic rings. The normalized spacial score (nSPS) is 17.2. The third kappa shape index (κ3) is 2.34. The molecule has 1 aliphatic rings. The molecule has 7 heteroatoms. The highest BCUT2D eigenvalue weighted by molar-refractivity contribution is 9.11. The molecule has 0 aromatic carbocycles. The first kappa shape index (κ1) is 13.2. The zero-order valence-corrected chi connectivity index (χ0v) is 13.0. The third-order valence-corrected chi connectivity index (χ3v) is 4.93. The van der Waals surface area contributed by atoms with Crippen molar-refractivity contribution in [2.75, 3.05) is 13.2 Å². The Bertz CT molecular complexity index is 661. The van der Waals surface area contributed by atoms with Crippen LogP contribution >= 0.6 is 27.3 Å². The van der Waals surface area contributed by atoms with Crippen LogP contribution in [0.5, 0.6) is 0 Å². The molecule has 3 rings (SSSR count). The average molecular weight is 344 g/mol. The quantitative estimate of drug-likeness (QED) is 0.840. The molecule has 0 bridgehead atoms. The predicted octanol–water partition coefficient (Wildman–Crippen LogP) is 2.53. The molecule has 0 N–H and O–H groups in total. The summed E-state index contributed by atoms with van der Waals surface area (Å²) < 4.78 is 8.61. The fourth-order valence-electron chi connectivity index (χ4n) is 2.37. The molecule has 1 saturated heterocycles. The number of hydrogen-bond donors (Lipinski definition) is 0. The summed E-state index contributed by atoms with van der Waals surface area (Å²) in [5.74, 6) is 0. The Kier molecular flexibility index (Phi) is 3.68. The molecule has 19 heavy (non-hydrogen) atoms. The van der Waals surface area contributed by atoms with Crippen molar-refractivity contribution >= 4 is 37.5 Å². The number of nitrogens with zero attached hydrogens (tertiary/aromatic N) is 3. The second-order valence-corrected chi connectivity index (χ2v) is 6.81. The lowest BCUT2D eigenvalue weighted by molar-refractivity contribution is 0.0648. The van der Waals surface area contributed by atoms with Crippen LogP contribution in [-0.4, -0.2) is 28.0 Å².